The highest BCUT2D eigenvalue weighted by atomic mass is 16.5. The average Bonchev–Trinajstić information content (AvgIpc) is 2.58. The third-order valence-corrected chi connectivity index (χ3v) is 4.50. The Morgan fingerprint density at radius 2 is 2.14 bits per heavy atom. The fourth-order valence-electron chi connectivity index (χ4n) is 3.05. The van der Waals surface area contributed by atoms with Crippen LogP contribution in [0.3, 0.4) is 0 Å². The van der Waals surface area contributed by atoms with Crippen molar-refractivity contribution >= 4 is 5.91 Å². The zero-order valence-corrected chi connectivity index (χ0v) is 13.8. The third-order valence-electron chi connectivity index (χ3n) is 4.50. The van der Waals surface area contributed by atoms with E-state index in [0.29, 0.717) is 19.1 Å². The van der Waals surface area contributed by atoms with E-state index < -0.39 is 0 Å². The van der Waals surface area contributed by atoms with Crippen molar-refractivity contribution in [2.75, 3.05) is 40.4 Å². The Bertz CT molecular complexity index is 450. The smallest absolute Gasteiger partial charge is 0.224 e. The summed E-state index contributed by atoms with van der Waals surface area (Å²) < 4.78 is 5.00. The minimum Gasteiger partial charge on any atom is -0.384 e. The lowest BCUT2D eigenvalue weighted by atomic mass is 10.0. The van der Waals surface area contributed by atoms with E-state index in [1.807, 2.05) is 11.9 Å². The molecule has 1 aliphatic rings. The molecule has 4 nitrogen and oxygen atoms in total. The van der Waals surface area contributed by atoms with Crippen LogP contribution in [-0.2, 0) is 16.0 Å². The lowest BCUT2D eigenvalue weighted by Crippen LogP contribution is -2.49. The van der Waals surface area contributed by atoms with Crippen LogP contribution in [0.4, 0.5) is 0 Å². The molecule has 22 heavy (non-hydrogen) atoms. The number of likely N-dealkylation sites (N-methyl/N-ethyl adjacent to an activating group) is 1. The number of methoxy groups -OCH3 is 1. The molecule has 1 aliphatic heterocycles. The second-order valence-corrected chi connectivity index (χ2v) is 6.08. The summed E-state index contributed by atoms with van der Waals surface area (Å²) in [4.78, 5) is 16.5. The molecule has 1 amide bonds. The van der Waals surface area contributed by atoms with Crippen molar-refractivity contribution in [1.82, 2.24) is 9.80 Å². The molecule has 2 rings (SSSR count). The summed E-state index contributed by atoms with van der Waals surface area (Å²) in [6.45, 7) is 3.71. The first-order valence-electron chi connectivity index (χ1n) is 8.21. The highest BCUT2D eigenvalue weighted by molar-refractivity contribution is 5.76. The van der Waals surface area contributed by atoms with Crippen LogP contribution in [0.5, 0.6) is 0 Å². The lowest BCUT2D eigenvalue weighted by Gasteiger charge is -2.37. The molecule has 0 N–H and O–H groups in total. The van der Waals surface area contributed by atoms with Crippen LogP contribution >= 0.6 is 0 Å². The summed E-state index contributed by atoms with van der Waals surface area (Å²) in [5, 5.41) is 0. The van der Waals surface area contributed by atoms with E-state index in [0.717, 1.165) is 32.5 Å². The first-order chi connectivity index (χ1) is 10.7. The summed E-state index contributed by atoms with van der Waals surface area (Å²) in [5.41, 5.74) is 1.38. The minimum absolute atomic E-state index is 0.191. The van der Waals surface area contributed by atoms with Gasteiger partial charge in [0.05, 0.1) is 13.0 Å². The van der Waals surface area contributed by atoms with Crippen molar-refractivity contribution in [3.8, 4) is 0 Å². The number of amides is 1. The summed E-state index contributed by atoms with van der Waals surface area (Å²) in [7, 11) is 3.57. The van der Waals surface area contributed by atoms with Gasteiger partial charge < -0.3 is 14.5 Å². The summed E-state index contributed by atoms with van der Waals surface area (Å²) >= 11 is 0. The number of likely N-dealkylation sites (tertiary alicyclic amines) is 1. The van der Waals surface area contributed by atoms with E-state index >= 15 is 0 Å². The molecule has 1 saturated heterocycles. The summed E-state index contributed by atoms with van der Waals surface area (Å²) in [6.07, 6.45) is 3.83. The first kappa shape index (κ1) is 17.0. The zero-order valence-electron chi connectivity index (χ0n) is 13.8. The van der Waals surface area contributed by atoms with Gasteiger partial charge in [-0.05, 0) is 31.4 Å². The zero-order chi connectivity index (χ0) is 15.8. The first-order valence-corrected chi connectivity index (χ1v) is 8.21. The van der Waals surface area contributed by atoms with Crippen LogP contribution in [0.25, 0.3) is 0 Å². The topological polar surface area (TPSA) is 32.8 Å². The normalized spacial score (nSPS) is 19.1. The number of carbonyl (C=O) groups is 1. The second kappa shape index (κ2) is 8.91. The Morgan fingerprint density at radius 1 is 1.36 bits per heavy atom. The van der Waals surface area contributed by atoms with Crippen molar-refractivity contribution in [1.29, 1.82) is 0 Å². The Balaban J connectivity index is 1.79. The molecule has 0 spiro atoms. The number of hydrogen-bond donors (Lipinski definition) is 0. The predicted molar refractivity (Wildman–Crippen MR) is 88.9 cm³/mol. The molecule has 0 radical (unpaired) electrons. The van der Waals surface area contributed by atoms with E-state index in [1.54, 1.807) is 7.11 Å². The van der Waals surface area contributed by atoms with Crippen LogP contribution in [0.2, 0.25) is 0 Å². The van der Waals surface area contributed by atoms with Gasteiger partial charge in [-0.25, -0.2) is 0 Å². The Labute approximate surface area is 134 Å². The standard InChI is InChI=1S/C18H28N2O2/c1-19(18(21)11-14-22-2)17-9-6-12-20(15-17)13-10-16-7-4-3-5-8-16/h3-5,7-8,17H,6,9-15H2,1-2H3. The fourth-order valence-corrected chi connectivity index (χ4v) is 3.05. The van der Waals surface area contributed by atoms with Crippen molar-refractivity contribution in [3.05, 3.63) is 35.9 Å². The SMILES string of the molecule is COCCC(=O)N(C)C1CCCN(CCc2ccccc2)C1. The highest BCUT2D eigenvalue weighted by Crippen LogP contribution is 2.16. The molecule has 1 aromatic carbocycles. The molecule has 0 aromatic heterocycles. The van der Waals surface area contributed by atoms with Gasteiger partial charge in [-0.3, -0.25) is 4.79 Å². The lowest BCUT2D eigenvalue weighted by molar-refractivity contribution is -0.133. The van der Waals surface area contributed by atoms with Crippen LogP contribution in [0.1, 0.15) is 24.8 Å². The predicted octanol–water partition coefficient (Wildman–Crippen LogP) is 2.19. The second-order valence-electron chi connectivity index (χ2n) is 6.08. The molecule has 1 atom stereocenters. The molecule has 1 heterocycles. The maximum absolute atomic E-state index is 12.1. The van der Waals surface area contributed by atoms with Crippen LogP contribution in [-0.4, -0.2) is 62.1 Å². The minimum atomic E-state index is 0.191. The van der Waals surface area contributed by atoms with E-state index in [1.165, 1.54) is 12.0 Å². The molecule has 122 valence electrons. The molecule has 0 aliphatic carbocycles. The number of piperidine rings is 1. The number of ether oxygens (including phenoxy) is 1. The number of carbonyl (C=O) groups excluding carboxylic acids is 1. The molecular weight excluding hydrogens is 276 g/mol. The van der Waals surface area contributed by atoms with E-state index in [2.05, 4.69) is 35.2 Å². The van der Waals surface area contributed by atoms with Gasteiger partial charge in [0.2, 0.25) is 5.91 Å². The number of nitrogens with zero attached hydrogens (tertiary/aromatic N) is 2. The van der Waals surface area contributed by atoms with Crippen LogP contribution < -0.4 is 0 Å². The van der Waals surface area contributed by atoms with Crippen molar-refractivity contribution in [3.63, 3.8) is 0 Å². The molecule has 0 saturated carbocycles. The molecule has 1 unspecified atom stereocenters. The molecule has 1 fully saturated rings. The molecule has 1 aromatic rings. The van der Waals surface area contributed by atoms with Gasteiger partial charge in [0.25, 0.3) is 0 Å². The fraction of sp³-hybridized carbons (Fsp3) is 0.611. The van der Waals surface area contributed by atoms with Crippen LogP contribution in [0.15, 0.2) is 30.3 Å². The van der Waals surface area contributed by atoms with Gasteiger partial charge in [0, 0.05) is 33.3 Å². The molecule has 4 heteroatoms. The number of benzene rings is 1. The van der Waals surface area contributed by atoms with Gasteiger partial charge in [0.1, 0.15) is 0 Å². The van der Waals surface area contributed by atoms with Gasteiger partial charge in [-0.1, -0.05) is 30.3 Å². The van der Waals surface area contributed by atoms with Gasteiger partial charge >= 0.3 is 0 Å². The highest BCUT2D eigenvalue weighted by Gasteiger charge is 2.25. The van der Waals surface area contributed by atoms with E-state index in [4.69, 9.17) is 4.74 Å². The van der Waals surface area contributed by atoms with Crippen molar-refractivity contribution in [2.45, 2.75) is 31.7 Å². The maximum atomic E-state index is 12.1. The Hall–Kier alpha value is -1.39. The monoisotopic (exact) mass is 304 g/mol. The Morgan fingerprint density at radius 3 is 2.86 bits per heavy atom. The number of rotatable bonds is 7. The molecular formula is C18H28N2O2. The third kappa shape index (κ3) is 5.11. The quantitative estimate of drug-likeness (QED) is 0.774. The van der Waals surface area contributed by atoms with Gasteiger partial charge in [-0.2, -0.15) is 0 Å². The van der Waals surface area contributed by atoms with Crippen molar-refractivity contribution in [2.24, 2.45) is 0 Å². The average molecular weight is 304 g/mol. The summed E-state index contributed by atoms with van der Waals surface area (Å²) in [5.74, 6) is 0.191. The van der Waals surface area contributed by atoms with Crippen molar-refractivity contribution < 1.29 is 9.53 Å². The van der Waals surface area contributed by atoms with E-state index in [-0.39, 0.29) is 5.91 Å². The number of hydrogen-bond acceptors (Lipinski definition) is 3. The summed E-state index contributed by atoms with van der Waals surface area (Å²) in [6, 6.07) is 11.0. The molecule has 0 bridgehead atoms. The van der Waals surface area contributed by atoms with Gasteiger partial charge in [0.15, 0.2) is 0 Å². The largest absolute Gasteiger partial charge is 0.384 e. The Kier molecular flexibility index (Phi) is 6.87. The van der Waals surface area contributed by atoms with E-state index in [9.17, 15) is 4.79 Å². The van der Waals surface area contributed by atoms with Crippen LogP contribution in [0, 0.1) is 0 Å². The van der Waals surface area contributed by atoms with Gasteiger partial charge in [-0.15, -0.1) is 0 Å². The maximum Gasteiger partial charge on any atom is 0.224 e.